The first-order valence-electron chi connectivity index (χ1n) is 8.17. The first-order valence-corrected chi connectivity index (χ1v) is 8.17. The molecule has 122 valence electrons. The van der Waals surface area contributed by atoms with Gasteiger partial charge in [-0.1, -0.05) is 30.3 Å². The number of benzene rings is 1. The highest BCUT2D eigenvalue weighted by Gasteiger charge is 2.32. The lowest BCUT2D eigenvalue weighted by atomic mass is 10.0. The van der Waals surface area contributed by atoms with Crippen LogP contribution in [0.2, 0.25) is 0 Å². The molecule has 2 atom stereocenters. The van der Waals surface area contributed by atoms with Crippen molar-refractivity contribution in [2.24, 2.45) is 0 Å². The van der Waals surface area contributed by atoms with Crippen LogP contribution in [-0.2, 0) is 0 Å². The van der Waals surface area contributed by atoms with Crippen molar-refractivity contribution in [1.82, 2.24) is 4.90 Å². The van der Waals surface area contributed by atoms with E-state index in [1.807, 2.05) is 49.1 Å². The van der Waals surface area contributed by atoms with Crippen molar-refractivity contribution >= 4 is 5.91 Å². The van der Waals surface area contributed by atoms with Gasteiger partial charge in [0.05, 0.1) is 6.10 Å². The number of aliphatic hydroxyl groups excluding tert-OH is 1. The number of rotatable bonds is 4. The second kappa shape index (κ2) is 6.59. The molecule has 0 bridgehead atoms. The van der Waals surface area contributed by atoms with Gasteiger partial charge in [0.2, 0.25) is 0 Å². The number of aryl methyl sites for hydroxylation is 2. The fraction of sp³-hybridized carbons (Fsp3) is 0.421. The Bertz CT molecular complexity index is 658. The lowest BCUT2D eigenvalue weighted by Crippen LogP contribution is -2.36. The lowest BCUT2D eigenvalue weighted by molar-refractivity contribution is 0.0635. The molecule has 1 amide bonds. The molecule has 1 aromatic heterocycles. The van der Waals surface area contributed by atoms with Gasteiger partial charge in [0, 0.05) is 12.6 Å². The number of furan rings is 1. The van der Waals surface area contributed by atoms with E-state index in [1.165, 1.54) is 0 Å². The molecule has 1 aliphatic heterocycles. The van der Waals surface area contributed by atoms with Gasteiger partial charge >= 0.3 is 0 Å². The number of hydrogen-bond acceptors (Lipinski definition) is 3. The van der Waals surface area contributed by atoms with E-state index < -0.39 is 6.10 Å². The summed E-state index contributed by atoms with van der Waals surface area (Å²) in [6.45, 7) is 4.53. The smallest absolute Gasteiger partial charge is 0.289 e. The summed E-state index contributed by atoms with van der Waals surface area (Å²) in [5, 5.41) is 10.4. The minimum absolute atomic E-state index is 0.0587. The van der Waals surface area contributed by atoms with Crippen molar-refractivity contribution in [2.75, 3.05) is 6.54 Å². The second-order valence-corrected chi connectivity index (χ2v) is 6.31. The Balaban J connectivity index is 1.71. The van der Waals surface area contributed by atoms with Crippen molar-refractivity contribution in [1.29, 1.82) is 0 Å². The van der Waals surface area contributed by atoms with Crippen LogP contribution >= 0.6 is 0 Å². The van der Waals surface area contributed by atoms with Gasteiger partial charge in [0.25, 0.3) is 5.91 Å². The normalized spacial score (nSPS) is 19.1. The molecule has 3 rings (SSSR count). The largest absolute Gasteiger partial charge is 0.456 e. The van der Waals surface area contributed by atoms with Gasteiger partial charge in [-0.15, -0.1) is 0 Å². The third-order valence-corrected chi connectivity index (χ3v) is 4.69. The van der Waals surface area contributed by atoms with Crippen LogP contribution in [0.15, 0.2) is 40.8 Å². The minimum atomic E-state index is -0.547. The molecule has 2 unspecified atom stereocenters. The fourth-order valence-electron chi connectivity index (χ4n) is 3.24. The molecule has 1 aromatic carbocycles. The summed E-state index contributed by atoms with van der Waals surface area (Å²) in [4.78, 5) is 14.5. The van der Waals surface area contributed by atoms with Crippen molar-refractivity contribution < 1.29 is 14.3 Å². The van der Waals surface area contributed by atoms with E-state index in [0.29, 0.717) is 12.2 Å². The molecular weight excluding hydrogens is 290 g/mol. The first kappa shape index (κ1) is 15.8. The van der Waals surface area contributed by atoms with E-state index in [4.69, 9.17) is 4.42 Å². The zero-order valence-corrected chi connectivity index (χ0v) is 13.7. The maximum Gasteiger partial charge on any atom is 0.289 e. The first-order chi connectivity index (χ1) is 11.1. The van der Waals surface area contributed by atoms with E-state index >= 15 is 0 Å². The van der Waals surface area contributed by atoms with Crippen LogP contribution in [0.25, 0.3) is 0 Å². The average molecular weight is 313 g/mol. The Labute approximate surface area is 136 Å². The van der Waals surface area contributed by atoms with Crippen LogP contribution < -0.4 is 0 Å². The van der Waals surface area contributed by atoms with Crippen molar-refractivity contribution in [2.45, 2.75) is 45.3 Å². The molecule has 1 saturated heterocycles. The molecule has 0 saturated carbocycles. The lowest BCUT2D eigenvalue weighted by Gasteiger charge is -2.26. The summed E-state index contributed by atoms with van der Waals surface area (Å²) < 4.78 is 5.57. The van der Waals surface area contributed by atoms with Gasteiger partial charge in [-0.3, -0.25) is 4.79 Å². The molecule has 1 N–H and O–H groups in total. The molecule has 4 heteroatoms. The molecule has 2 aromatic rings. The molecular formula is C19H23NO3. The number of likely N-dealkylation sites (tertiary alicyclic amines) is 1. The zero-order valence-electron chi connectivity index (χ0n) is 13.7. The van der Waals surface area contributed by atoms with E-state index in [-0.39, 0.29) is 11.9 Å². The highest BCUT2D eigenvalue weighted by atomic mass is 16.4. The van der Waals surface area contributed by atoms with Crippen LogP contribution in [0, 0.1) is 13.8 Å². The van der Waals surface area contributed by atoms with Crippen molar-refractivity contribution in [3.8, 4) is 0 Å². The summed E-state index contributed by atoms with van der Waals surface area (Å²) >= 11 is 0. The number of aliphatic hydroxyl groups is 1. The number of carbonyl (C=O) groups excluding carboxylic acids is 1. The van der Waals surface area contributed by atoms with E-state index in [0.717, 1.165) is 36.3 Å². The summed E-state index contributed by atoms with van der Waals surface area (Å²) in [6, 6.07) is 11.5. The maximum atomic E-state index is 12.7. The van der Waals surface area contributed by atoms with Crippen molar-refractivity contribution in [3.05, 3.63) is 59.0 Å². The van der Waals surface area contributed by atoms with Gasteiger partial charge in [-0.2, -0.15) is 0 Å². The molecule has 0 aliphatic carbocycles. The van der Waals surface area contributed by atoms with Crippen LogP contribution in [0.1, 0.15) is 52.8 Å². The Morgan fingerprint density at radius 2 is 2.09 bits per heavy atom. The van der Waals surface area contributed by atoms with Crippen molar-refractivity contribution in [3.63, 3.8) is 0 Å². The van der Waals surface area contributed by atoms with Gasteiger partial charge in [-0.05, 0) is 50.3 Å². The summed E-state index contributed by atoms with van der Waals surface area (Å²) in [6.07, 6.45) is 1.91. The number of carbonyl (C=O) groups is 1. The van der Waals surface area contributed by atoms with Gasteiger partial charge in [0.1, 0.15) is 5.76 Å². The average Bonchev–Trinajstić information content (AvgIpc) is 3.15. The molecule has 0 radical (unpaired) electrons. The van der Waals surface area contributed by atoms with Crippen LogP contribution in [0.4, 0.5) is 0 Å². The summed E-state index contributed by atoms with van der Waals surface area (Å²) in [5.74, 6) is 1.12. The third-order valence-electron chi connectivity index (χ3n) is 4.69. The second-order valence-electron chi connectivity index (χ2n) is 6.31. The topological polar surface area (TPSA) is 53.7 Å². The zero-order chi connectivity index (χ0) is 16.4. The highest BCUT2D eigenvalue weighted by molar-refractivity contribution is 5.92. The molecule has 4 nitrogen and oxygen atoms in total. The number of nitrogens with zero attached hydrogens (tertiary/aromatic N) is 1. The maximum absolute atomic E-state index is 12.7. The van der Waals surface area contributed by atoms with E-state index in [1.54, 1.807) is 6.07 Å². The van der Waals surface area contributed by atoms with Gasteiger partial charge in [-0.25, -0.2) is 0 Å². The Morgan fingerprint density at radius 1 is 1.35 bits per heavy atom. The summed E-state index contributed by atoms with van der Waals surface area (Å²) in [5.41, 5.74) is 1.89. The fourth-order valence-corrected chi connectivity index (χ4v) is 3.24. The minimum Gasteiger partial charge on any atom is -0.456 e. The monoisotopic (exact) mass is 313 g/mol. The van der Waals surface area contributed by atoms with Crippen LogP contribution in [0.5, 0.6) is 0 Å². The predicted molar refractivity (Wildman–Crippen MR) is 88.3 cm³/mol. The van der Waals surface area contributed by atoms with E-state index in [2.05, 4.69) is 0 Å². The number of hydrogen-bond donors (Lipinski definition) is 1. The highest BCUT2D eigenvalue weighted by Crippen LogP contribution is 2.29. The van der Waals surface area contributed by atoms with Gasteiger partial charge < -0.3 is 14.4 Å². The van der Waals surface area contributed by atoms with Crippen LogP contribution in [0.3, 0.4) is 0 Å². The summed E-state index contributed by atoms with van der Waals surface area (Å²) in [7, 11) is 0. The molecule has 23 heavy (non-hydrogen) atoms. The molecule has 1 aliphatic rings. The van der Waals surface area contributed by atoms with Gasteiger partial charge in [0.15, 0.2) is 5.76 Å². The predicted octanol–water partition coefficient (Wildman–Crippen LogP) is 3.62. The molecule has 0 spiro atoms. The molecule has 2 heterocycles. The standard InChI is InChI=1S/C19H23NO3/c1-13-11-18(23-14(13)2)19(22)20-10-6-9-16(20)12-17(21)15-7-4-3-5-8-15/h3-5,7-8,11,16-17,21H,6,9-10,12H2,1-2H3. The Morgan fingerprint density at radius 3 is 2.74 bits per heavy atom. The SMILES string of the molecule is Cc1cc(C(=O)N2CCCC2CC(O)c2ccccc2)oc1C. The third kappa shape index (κ3) is 3.32. The Kier molecular flexibility index (Phi) is 4.53. The Hall–Kier alpha value is -2.07. The number of amides is 1. The van der Waals surface area contributed by atoms with Crippen LogP contribution in [-0.4, -0.2) is 28.5 Å². The molecule has 1 fully saturated rings. The quantitative estimate of drug-likeness (QED) is 0.938. The van der Waals surface area contributed by atoms with E-state index in [9.17, 15) is 9.90 Å².